The van der Waals surface area contributed by atoms with Crippen molar-refractivity contribution in [2.24, 2.45) is 0 Å². The van der Waals surface area contributed by atoms with Gasteiger partial charge in [-0.05, 0) is 6.26 Å². The number of nitrogens with one attached hydrogen (secondary N) is 1. The summed E-state index contributed by atoms with van der Waals surface area (Å²) in [5, 5.41) is 4.51. The molecule has 0 radical (unpaired) electrons. The normalized spacial score (nSPS) is 16.8. The highest BCUT2D eigenvalue weighted by molar-refractivity contribution is 7.99. The van der Waals surface area contributed by atoms with Crippen LogP contribution in [0.15, 0.2) is 11.2 Å². The highest BCUT2D eigenvalue weighted by atomic mass is 35.5. The van der Waals surface area contributed by atoms with Gasteiger partial charge in [0.05, 0.1) is 0 Å². The van der Waals surface area contributed by atoms with Crippen molar-refractivity contribution in [2.45, 2.75) is 5.16 Å². The molecule has 0 amide bonds. The molecule has 1 aromatic heterocycles. The Morgan fingerprint density at radius 3 is 2.94 bits per heavy atom. The third-order valence-electron chi connectivity index (χ3n) is 2.69. The Hall–Kier alpha value is -0.170. The van der Waals surface area contributed by atoms with Gasteiger partial charge in [0, 0.05) is 43.8 Å². The maximum absolute atomic E-state index is 5.94. The number of anilines is 1. The Morgan fingerprint density at radius 2 is 2.22 bits per heavy atom. The Bertz CT molecular complexity index is 385. The van der Waals surface area contributed by atoms with E-state index in [9.17, 15) is 0 Å². The van der Waals surface area contributed by atoms with Crippen LogP contribution in [0.25, 0.3) is 0 Å². The molecule has 0 saturated carbocycles. The summed E-state index contributed by atoms with van der Waals surface area (Å²) in [6.45, 7) is 4.32. The van der Waals surface area contributed by atoms with Crippen LogP contribution in [0.1, 0.15) is 0 Å². The first-order valence-electron chi connectivity index (χ1n) is 5.90. The van der Waals surface area contributed by atoms with Crippen LogP contribution >= 0.6 is 35.1 Å². The lowest BCUT2D eigenvalue weighted by atomic mass is 10.4. The number of rotatable bonds is 5. The van der Waals surface area contributed by atoms with E-state index in [1.807, 2.05) is 18.0 Å². The predicted octanol–water partition coefficient (Wildman–Crippen LogP) is 2.31. The van der Waals surface area contributed by atoms with E-state index in [4.69, 9.17) is 11.6 Å². The summed E-state index contributed by atoms with van der Waals surface area (Å²) in [7, 11) is 0. The molecule has 4 nitrogen and oxygen atoms in total. The van der Waals surface area contributed by atoms with Gasteiger partial charge in [0.1, 0.15) is 11.0 Å². The number of thioether (sulfide) groups is 2. The summed E-state index contributed by atoms with van der Waals surface area (Å²) >= 11 is 9.47. The zero-order valence-corrected chi connectivity index (χ0v) is 12.7. The summed E-state index contributed by atoms with van der Waals surface area (Å²) in [4.78, 5) is 11.0. The molecule has 18 heavy (non-hydrogen) atoms. The molecule has 100 valence electrons. The summed E-state index contributed by atoms with van der Waals surface area (Å²) in [6.07, 6.45) is 1.95. The topological polar surface area (TPSA) is 41.1 Å². The molecule has 0 bridgehead atoms. The van der Waals surface area contributed by atoms with Gasteiger partial charge in [0.2, 0.25) is 0 Å². The molecule has 1 aliphatic rings. The molecule has 0 unspecified atom stereocenters. The largest absolute Gasteiger partial charge is 0.369 e. The van der Waals surface area contributed by atoms with Gasteiger partial charge in [-0.25, -0.2) is 9.97 Å². The molecular formula is C11H17ClN4S2. The molecule has 0 atom stereocenters. The van der Waals surface area contributed by atoms with E-state index in [0.717, 1.165) is 18.9 Å². The van der Waals surface area contributed by atoms with Crippen molar-refractivity contribution in [1.29, 1.82) is 0 Å². The SMILES string of the molecule is CSc1nc(Cl)cc(NCCN2CCSCC2)n1. The van der Waals surface area contributed by atoms with Gasteiger partial charge in [0.15, 0.2) is 5.16 Å². The summed E-state index contributed by atoms with van der Waals surface area (Å²) < 4.78 is 0. The molecule has 1 N–H and O–H groups in total. The average Bonchev–Trinajstić information content (AvgIpc) is 2.39. The highest BCUT2D eigenvalue weighted by Gasteiger charge is 2.09. The fraction of sp³-hybridized carbons (Fsp3) is 0.636. The minimum atomic E-state index is 0.492. The Kier molecular flexibility index (Phi) is 5.88. The van der Waals surface area contributed by atoms with Gasteiger partial charge < -0.3 is 5.32 Å². The predicted molar refractivity (Wildman–Crippen MR) is 81.1 cm³/mol. The van der Waals surface area contributed by atoms with Gasteiger partial charge in [-0.2, -0.15) is 11.8 Å². The standard InChI is InChI=1S/C11H17ClN4S2/c1-17-11-14-9(12)8-10(15-11)13-2-3-16-4-6-18-7-5-16/h8H,2-7H2,1H3,(H,13,14,15). The highest BCUT2D eigenvalue weighted by Crippen LogP contribution is 2.17. The van der Waals surface area contributed by atoms with Crippen LogP contribution in [0, 0.1) is 0 Å². The first-order chi connectivity index (χ1) is 8.78. The van der Waals surface area contributed by atoms with Crippen LogP contribution in [-0.4, -0.2) is 58.8 Å². The Morgan fingerprint density at radius 1 is 1.44 bits per heavy atom. The van der Waals surface area contributed by atoms with Crippen LogP contribution in [0.5, 0.6) is 0 Å². The molecule has 0 aromatic carbocycles. The van der Waals surface area contributed by atoms with Gasteiger partial charge in [-0.1, -0.05) is 23.4 Å². The van der Waals surface area contributed by atoms with E-state index in [0.29, 0.717) is 10.3 Å². The second-order valence-corrected chi connectivity index (χ2v) is 6.33. The minimum absolute atomic E-state index is 0.492. The number of halogens is 1. The van der Waals surface area contributed by atoms with E-state index >= 15 is 0 Å². The van der Waals surface area contributed by atoms with E-state index in [1.165, 1.54) is 36.4 Å². The molecule has 1 saturated heterocycles. The molecule has 2 rings (SSSR count). The first kappa shape index (κ1) is 14.2. The molecule has 7 heteroatoms. The van der Waals surface area contributed by atoms with Crippen LogP contribution in [-0.2, 0) is 0 Å². The first-order valence-corrected chi connectivity index (χ1v) is 8.66. The fourth-order valence-corrected chi connectivity index (χ4v) is 3.34. The summed E-state index contributed by atoms with van der Waals surface area (Å²) in [5.41, 5.74) is 0. The quantitative estimate of drug-likeness (QED) is 0.511. The summed E-state index contributed by atoms with van der Waals surface area (Å²) in [5.74, 6) is 3.30. The van der Waals surface area contributed by atoms with E-state index in [2.05, 4.69) is 20.2 Å². The Labute approximate surface area is 121 Å². The van der Waals surface area contributed by atoms with Gasteiger partial charge >= 0.3 is 0 Å². The van der Waals surface area contributed by atoms with Crippen molar-refractivity contribution in [3.63, 3.8) is 0 Å². The average molecular weight is 305 g/mol. The van der Waals surface area contributed by atoms with Crippen LogP contribution in [0.4, 0.5) is 5.82 Å². The van der Waals surface area contributed by atoms with Crippen molar-refractivity contribution in [1.82, 2.24) is 14.9 Å². The van der Waals surface area contributed by atoms with Crippen molar-refractivity contribution >= 4 is 40.9 Å². The maximum atomic E-state index is 5.94. The fourth-order valence-electron chi connectivity index (χ4n) is 1.75. The third-order valence-corrected chi connectivity index (χ3v) is 4.38. The molecule has 2 heterocycles. The maximum Gasteiger partial charge on any atom is 0.190 e. The second kappa shape index (κ2) is 7.43. The van der Waals surface area contributed by atoms with Gasteiger partial charge in [-0.15, -0.1) is 0 Å². The van der Waals surface area contributed by atoms with Crippen molar-refractivity contribution < 1.29 is 0 Å². The lowest BCUT2D eigenvalue weighted by molar-refractivity contribution is 0.314. The second-order valence-electron chi connectivity index (χ2n) is 3.94. The van der Waals surface area contributed by atoms with Crippen LogP contribution in [0.3, 0.4) is 0 Å². The lowest BCUT2D eigenvalue weighted by Gasteiger charge is -2.26. The number of nitrogens with zero attached hydrogens (tertiary/aromatic N) is 3. The number of aromatic nitrogens is 2. The van der Waals surface area contributed by atoms with Gasteiger partial charge in [0.25, 0.3) is 0 Å². The molecular weight excluding hydrogens is 288 g/mol. The van der Waals surface area contributed by atoms with Crippen molar-refractivity contribution in [2.75, 3.05) is 49.3 Å². The van der Waals surface area contributed by atoms with Crippen LogP contribution < -0.4 is 5.32 Å². The third kappa shape index (κ3) is 4.50. The monoisotopic (exact) mass is 304 g/mol. The van der Waals surface area contributed by atoms with E-state index < -0.39 is 0 Å². The van der Waals surface area contributed by atoms with Gasteiger partial charge in [-0.3, -0.25) is 4.90 Å². The molecule has 1 aromatic rings. The van der Waals surface area contributed by atoms with Crippen molar-refractivity contribution in [3.05, 3.63) is 11.2 Å². The zero-order chi connectivity index (χ0) is 12.8. The minimum Gasteiger partial charge on any atom is -0.369 e. The summed E-state index contributed by atoms with van der Waals surface area (Å²) in [6, 6.07) is 1.77. The molecule has 0 spiro atoms. The lowest BCUT2D eigenvalue weighted by Crippen LogP contribution is -2.36. The van der Waals surface area contributed by atoms with E-state index in [-0.39, 0.29) is 0 Å². The molecule has 1 aliphatic heterocycles. The number of hydrogen-bond acceptors (Lipinski definition) is 6. The number of hydrogen-bond donors (Lipinski definition) is 1. The molecule has 1 fully saturated rings. The Balaban J connectivity index is 1.80. The van der Waals surface area contributed by atoms with Crippen LogP contribution in [0.2, 0.25) is 5.15 Å². The molecule has 0 aliphatic carbocycles. The van der Waals surface area contributed by atoms with Crippen molar-refractivity contribution in [3.8, 4) is 0 Å². The smallest absolute Gasteiger partial charge is 0.190 e. The van der Waals surface area contributed by atoms with E-state index in [1.54, 1.807) is 6.07 Å². The zero-order valence-electron chi connectivity index (χ0n) is 10.4.